The number of piperidine rings is 1. The molecule has 1 aliphatic heterocycles. The lowest BCUT2D eigenvalue weighted by Crippen LogP contribution is -2.52. The number of likely N-dealkylation sites (tertiary alicyclic amines) is 1. The normalized spacial score (nSPS) is 32.2. The highest BCUT2D eigenvalue weighted by molar-refractivity contribution is 5.80. The number of carbonyl (C=O) groups is 2. The molecule has 0 spiro atoms. The van der Waals surface area contributed by atoms with Crippen molar-refractivity contribution in [2.45, 2.75) is 50.5 Å². The fourth-order valence-corrected chi connectivity index (χ4v) is 4.68. The van der Waals surface area contributed by atoms with E-state index in [4.69, 9.17) is 4.74 Å². The van der Waals surface area contributed by atoms with Crippen molar-refractivity contribution >= 4 is 12.0 Å². The minimum Gasteiger partial charge on any atom is -0.450 e. The second-order valence-electron chi connectivity index (χ2n) is 8.10. The highest BCUT2D eigenvalue weighted by Gasteiger charge is 2.58. The second kappa shape index (κ2) is 6.93. The zero-order valence-corrected chi connectivity index (χ0v) is 15.4. The van der Waals surface area contributed by atoms with Crippen molar-refractivity contribution in [3.8, 4) is 0 Å². The van der Waals surface area contributed by atoms with Crippen molar-refractivity contribution in [2.24, 2.45) is 11.8 Å². The summed E-state index contributed by atoms with van der Waals surface area (Å²) in [5.41, 5.74) is 1.76. The molecule has 5 heteroatoms. The fourth-order valence-electron chi connectivity index (χ4n) is 4.68. The van der Waals surface area contributed by atoms with E-state index in [0.29, 0.717) is 17.9 Å². The van der Waals surface area contributed by atoms with E-state index in [1.54, 1.807) is 0 Å². The molecule has 0 radical (unpaired) electrons. The minimum absolute atomic E-state index is 0.0643. The Morgan fingerprint density at radius 1 is 1.27 bits per heavy atom. The largest absolute Gasteiger partial charge is 0.450 e. The number of hydrogen-bond donors (Lipinski definition) is 1. The molecule has 1 aromatic carbocycles. The molecule has 2 saturated carbocycles. The van der Waals surface area contributed by atoms with Gasteiger partial charge in [0.25, 0.3) is 0 Å². The molecule has 1 saturated heterocycles. The number of ether oxygens (including phenoxy) is 1. The first-order chi connectivity index (χ1) is 12.6. The molecule has 3 fully saturated rings. The van der Waals surface area contributed by atoms with Crippen LogP contribution in [0, 0.1) is 11.8 Å². The summed E-state index contributed by atoms with van der Waals surface area (Å²) in [6.45, 7) is 4.16. The van der Waals surface area contributed by atoms with E-state index in [1.807, 2.05) is 6.92 Å². The third-order valence-corrected chi connectivity index (χ3v) is 6.41. The van der Waals surface area contributed by atoms with Gasteiger partial charge in [-0.1, -0.05) is 37.3 Å². The van der Waals surface area contributed by atoms with Gasteiger partial charge in [0.15, 0.2) is 0 Å². The van der Waals surface area contributed by atoms with Crippen LogP contribution in [0.1, 0.15) is 44.6 Å². The minimum atomic E-state index is -0.355. The van der Waals surface area contributed by atoms with Gasteiger partial charge in [-0.15, -0.1) is 0 Å². The molecular weight excluding hydrogens is 328 g/mol. The first-order valence-corrected chi connectivity index (χ1v) is 9.90. The van der Waals surface area contributed by atoms with Crippen LogP contribution in [0.25, 0.3) is 0 Å². The fraction of sp³-hybridized carbons (Fsp3) is 0.619. The molecule has 0 aromatic heterocycles. The predicted molar refractivity (Wildman–Crippen MR) is 98.7 cm³/mol. The molecule has 0 unspecified atom stereocenters. The molecule has 2 atom stereocenters. The second-order valence-corrected chi connectivity index (χ2v) is 8.10. The lowest BCUT2D eigenvalue weighted by molar-refractivity contribution is -0.140. The van der Waals surface area contributed by atoms with Crippen molar-refractivity contribution in [3.63, 3.8) is 0 Å². The van der Waals surface area contributed by atoms with E-state index in [1.165, 1.54) is 12.0 Å². The van der Waals surface area contributed by atoms with Gasteiger partial charge in [0.1, 0.15) is 0 Å². The summed E-state index contributed by atoms with van der Waals surface area (Å²) in [7, 11) is 0. The number of carbonyl (C=O) groups excluding carboxylic acids is 2. The number of nitrogens with one attached hydrogen (secondary N) is 1. The Labute approximate surface area is 155 Å². The Balaban J connectivity index is 1.24. The molecule has 0 bridgehead atoms. The molecule has 140 valence electrons. The van der Waals surface area contributed by atoms with E-state index >= 15 is 0 Å². The summed E-state index contributed by atoms with van der Waals surface area (Å²) in [5, 5.41) is 2.85. The van der Waals surface area contributed by atoms with E-state index in [-0.39, 0.29) is 24.0 Å². The summed E-state index contributed by atoms with van der Waals surface area (Å²) >= 11 is 0. The Kier molecular flexibility index (Phi) is 4.63. The molecule has 1 heterocycles. The monoisotopic (exact) mass is 356 g/mol. The summed E-state index contributed by atoms with van der Waals surface area (Å²) in [6.07, 6.45) is 4.23. The third kappa shape index (κ3) is 3.19. The maximum absolute atomic E-state index is 12.8. The maximum atomic E-state index is 12.8. The molecule has 1 N–H and O–H groups in total. The van der Waals surface area contributed by atoms with Crippen LogP contribution >= 0.6 is 0 Å². The van der Waals surface area contributed by atoms with Gasteiger partial charge in [0.05, 0.1) is 6.61 Å². The Hall–Kier alpha value is -2.04. The van der Waals surface area contributed by atoms with Crippen molar-refractivity contribution in [1.29, 1.82) is 0 Å². The van der Waals surface area contributed by atoms with Crippen molar-refractivity contribution in [2.75, 3.05) is 19.7 Å². The first kappa shape index (κ1) is 17.4. The van der Waals surface area contributed by atoms with E-state index in [0.717, 1.165) is 38.8 Å². The van der Waals surface area contributed by atoms with Crippen LogP contribution in [0.4, 0.5) is 4.79 Å². The Bertz CT molecular complexity index is 671. The first-order valence-electron chi connectivity index (χ1n) is 9.90. The van der Waals surface area contributed by atoms with Gasteiger partial charge in [0.2, 0.25) is 5.91 Å². The third-order valence-electron chi connectivity index (χ3n) is 6.41. The zero-order valence-electron chi connectivity index (χ0n) is 15.4. The van der Waals surface area contributed by atoms with Gasteiger partial charge in [-0.3, -0.25) is 4.79 Å². The molecule has 5 nitrogen and oxygen atoms in total. The van der Waals surface area contributed by atoms with E-state index in [9.17, 15) is 9.59 Å². The molecule has 26 heavy (non-hydrogen) atoms. The standard InChI is InChI=1S/C21H28N2O3/c1-2-10-26-20(25)22-18-11-15(12-18)19(24)23-9-8-21(13-17(21)14-23)16-6-4-3-5-7-16/h3-7,15,17-18H,2,8-14H2,1H3,(H,22,25)/t15-,17-,18+,21-/m0/s1. The molecule has 3 aliphatic rings. The predicted octanol–water partition coefficient (Wildman–Crippen LogP) is 3.09. The number of amides is 2. The molecule has 1 aromatic rings. The summed E-state index contributed by atoms with van der Waals surface area (Å²) in [4.78, 5) is 26.4. The lowest BCUT2D eigenvalue weighted by Gasteiger charge is -2.40. The van der Waals surface area contributed by atoms with Gasteiger partial charge in [-0.05, 0) is 43.6 Å². The van der Waals surface area contributed by atoms with Crippen LogP contribution in [0.5, 0.6) is 0 Å². The number of benzene rings is 1. The van der Waals surface area contributed by atoms with Gasteiger partial charge < -0.3 is 15.0 Å². The number of rotatable bonds is 5. The van der Waals surface area contributed by atoms with E-state index < -0.39 is 0 Å². The van der Waals surface area contributed by atoms with Gasteiger partial charge in [-0.2, -0.15) is 0 Å². The number of nitrogens with zero attached hydrogens (tertiary/aromatic N) is 1. The quantitative estimate of drug-likeness (QED) is 0.882. The number of fused-ring (bicyclic) bond motifs is 1. The summed E-state index contributed by atoms with van der Waals surface area (Å²) in [5.74, 6) is 0.952. The van der Waals surface area contributed by atoms with Gasteiger partial charge in [0, 0.05) is 30.5 Å². The molecule has 4 rings (SSSR count). The topological polar surface area (TPSA) is 58.6 Å². The van der Waals surface area contributed by atoms with Crippen molar-refractivity contribution in [1.82, 2.24) is 10.2 Å². The van der Waals surface area contributed by atoms with Crippen LogP contribution in [-0.2, 0) is 14.9 Å². The van der Waals surface area contributed by atoms with Crippen molar-refractivity contribution in [3.05, 3.63) is 35.9 Å². The molecular formula is C21H28N2O3. The van der Waals surface area contributed by atoms with Crippen LogP contribution < -0.4 is 5.32 Å². The Morgan fingerprint density at radius 3 is 2.73 bits per heavy atom. The number of alkyl carbamates (subject to hydrolysis) is 1. The van der Waals surface area contributed by atoms with Crippen LogP contribution in [-0.4, -0.2) is 42.6 Å². The van der Waals surface area contributed by atoms with Crippen LogP contribution in [0.2, 0.25) is 0 Å². The van der Waals surface area contributed by atoms with Crippen molar-refractivity contribution < 1.29 is 14.3 Å². The molecule has 2 aliphatic carbocycles. The summed E-state index contributed by atoms with van der Waals surface area (Å²) in [6, 6.07) is 10.8. The van der Waals surface area contributed by atoms with Gasteiger partial charge >= 0.3 is 6.09 Å². The number of hydrogen-bond acceptors (Lipinski definition) is 3. The lowest BCUT2D eigenvalue weighted by atomic mass is 9.78. The SMILES string of the molecule is CCCOC(=O)N[C@H]1C[C@@H](C(=O)N2CC[C@@]3(c4ccccc4)C[C@H]3C2)C1. The van der Waals surface area contributed by atoms with Crippen LogP contribution in [0.3, 0.4) is 0 Å². The van der Waals surface area contributed by atoms with Gasteiger partial charge in [-0.25, -0.2) is 4.79 Å². The van der Waals surface area contributed by atoms with Crippen LogP contribution in [0.15, 0.2) is 30.3 Å². The highest BCUT2D eigenvalue weighted by atomic mass is 16.5. The Morgan fingerprint density at radius 2 is 2.04 bits per heavy atom. The highest BCUT2D eigenvalue weighted by Crippen LogP contribution is 2.59. The maximum Gasteiger partial charge on any atom is 0.407 e. The summed E-state index contributed by atoms with van der Waals surface area (Å²) < 4.78 is 5.04. The smallest absolute Gasteiger partial charge is 0.407 e. The average molecular weight is 356 g/mol. The molecule has 2 amide bonds. The van der Waals surface area contributed by atoms with E-state index in [2.05, 4.69) is 40.5 Å². The zero-order chi connectivity index (χ0) is 18.1. The average Bonchev–Trinajstić information content (AvgIpc) is 3.38.